The topological polar surface area (TPSA) is 90.5 Å². The van der Waals surface area contributed by atoms with Gasteiger partial charge in [-0.25, -0.2) is 4.79 Å². The molecular formula is C18H30N4O3. The molecule has 4 amide bonds. The average molecular weight is 350 g/mol. The number of rotatable bonds is 5. The van der Waals surface area contributed by atoms with E-state index in [4.69, 9.17) is 0 Å². The first-order valence-electron chi connectivity index (χ1n) is 9.73. The quantitative estimate of drug-likeness (QED) is 0.693. The van der Waals surface area contributed by atoms with Crippen LogP contribution in [0.1, 0.15) is 57.8 Å². The first-order valence-corrected chi connectivity index (χ1v) is 9.73. The van der Waals surface area contributed by atoms with Crippen molar-refractivity contribution in [2.45, 2.75) is 69.9 Å². The molecular weight excluding hydrogens is 320 g/mol. The van der Waals surface area contributed by atoms with Gasteiger partial charge in [-0.3, -0.25) is 19.8 Å². The van der Waals surface area contributed by atoms with Gasteiger partial charge in [0, 0.05) is 31.1 Å². The lowest BCUT2D eigenvalue weighted by molar-refractivity contribution is -0.124. The van der Waals surface area contributed by atoms with Crippen LogP contribution in [0.25, 0.3) is 0 Å². The Kier molecular flexibility index (Phi) is 6.29. The van der Waals surface area contributed by atoms with Gasteiger partial charge < -0.3 is 10.6 Å². The van der Waals surface area contributed by atoms with Crippen molar-refractivity contribution >= 4 is 17.8 Å². The van der Waals surface area contributed by atoms with Crippen LogP contribution in [-0.2, 0) is 9.59 Å². The number of piperidine rings is 1. The molecule has 0 unspecified atom stereocenters. The lowest BCUT2D eigenvalue weighted by Gasteiger charge is -2.31. The fourth-order valence-electron chi connectivity index (χ4n) is 3.74. The molecule has 0 bridgehead atoms. The highest BCUT2D eigenvalue weighted by molar-refractivity contribution is 5.95. The van der Waals surface area contributed by atoms with Crippen molar-refractivity contribution in [1.29, 1.82) is 0 Å². The summed E-state index contributed by atoms with van der Waals surface area (Å²) in [6.45, 7) is 1.78. The minimum absolute atomic E-state index is 0.190. The normalized spacial score (nSPS) is 23.0. The number of carbonyl (C=O) groups excluding carboxylic acids is 3. The highest BCUT2D eigenvalue weighted by Gasteiger charge is 2.32. The van der Waals surface area contributed by atoms with Crippen LogP contribution < -0.4 is 16.0 Å². The number of imide groups is 1. The second kappa shape index (κ2) is 8.65. The van der Waals surface area contributed by atoms with Crippen LogP contribution in [0.15, 0.2) is 0 Å². The van der Waals surface area contributed by atoms with Crippen LogP contribution >= 0.6 is 0 Å². The van der Waals surface area contributed by atoms with E-state index in [0.29, 0.717) is 0 Å². The number of amides is 4. The third-order valence-electron chi connectivity index (χ3n) is 5.44. The van der Waals surface area contributed by atoms with Gasteiger partial charge >= 0.3 is 6.03 Å². The molecule has 140 valence electrons. The van der Waals surface area contributed by atoms with E-state index in [-0.39, 0.29) is 42.4 Å². The molecule has 3 rings (SSSR count). The standard InChI is InChI=1S/C18H30N4O3/c23-16(21-18(25)20-14-4-2-1-3-5-14)12-22-10-8-15(9-11-22)19-17(24)13-6-7-13/h13-15H,1-12H2,(H,19,24)(H2,20,21,23,25). The monoisotopic (exact) mass is 350 g/mol. The summed E-state index contributed by atoms with van der Waals surface area (Å²) in [6, 6.07) is 0.0536. The lowest BCUT2D eigenvalue weighted by atomic mass is 9.96. The fourth-order valence-corrected chi connectivity index (χ4v) is 3.74. The summed E-state index contributed by atoms with van der Waals surface area (Å²) >= 11 is 0. The zero-order valence-electron chi connectivity index (χ0n) is 14.9. The molecule has 3 fully saturated rings. The molecule has 0 atom stereocenters. The highest BCUT2D eigenvalue weighted by atomic mass is 16.2. The molecule has 0 aromatic heterocycles. The Morgan fingerprint density at radius 1 is 0.800 bits per heavy atom. The number of urea groups is 1. The van der Waals surface area contributed by atoms with Crippen LogP contribution in [-0.4, -0.2) is 54.5 Å². The first kappa shape index (κ1) is 18.2. The minimum Gasteiger partial charge on any atom is -0.353 e. The Hall–Kier alpha value is -1.63. The summed E-state index contributed by atoms with van der Waals surface area (Å²) in [6.07, 6.45) is 9.29. The predicted octanol–water partition coefficient (Wildman–Crippen LogP) is 1.14. The van der Waals surface area contributed by atoms with Gasteiger partial charge in [-0.2, -0.15) is 0 Å². The Morgan fingerprint density at radius 2 is 1.44 bits per heavy atom. The van der Waals surface area contributed by atoms with E-state index >= 15 is 0 Å². The van der Waals surface area contributed by atoms with Gasteiger partial charge in [0.1, 0.15) is 0 Å². The van der Waals surface area contributed by atoms with Gasteiger partial charge in [0.2, 0.25) is 11.8 Å². The maximum atomic E-state index is 12.0. The lowest BCUT2D eigenvalue weighted by Crippen LogP contribution is -2.50. The van der Waals surface area contributed by atoms with Crippen molar-refractivity contribution in [2.24, 2.45) is 5.92 Å². The van der Waals surface area contributed by atoms with Gasteiger partial charge in [0.15, 0.2) is 0 Å². The number of nitrogens with one attached hydrogen (secondary N) is 3. The van der Waals surface area contributed by atoms with Gasteiger partial charge in [-0.15, -0.1) is 0 Å². The van der Waals surface area contributed by atoms with E-state index in [9.17, 15) is 14.4 Å². The number of carbonyl (C=O) groups is 3. The SMILES string of the molecule is O=C(CN1CCC(NC(=O)C2CC2)CC1)NC(=O)NC1CCCCC1. The third kappa shape index (κ3) is 5.99. The van der Waals surface area contributed by atoms with E-state index in [2.05, 4.69) is 16.0 Å². The molecule has 0 aromatic carbocycles. The number of hydrogen-bond acceptors (Lipinski definition) is 4. The van der Waals surface area contributed by atoms with Gasteiger partial charge in [0.25, 0.3) is 0 Å². The number of likely N-dealkylation sites (tertiary alicyclic amines) is 1. The van der Waals surface area contributed by atoms with Crippen molar-refractivity contribution in [3.05, 3.63) is 0 Å². The van der Waals surface area contributed by atoms with Crippen molar-refractivity contribution in [1.82, 2.24) is 20.9 Å². The average Bonchev–Trinajstić information content (AvgIpc) is 3.42. The van der Waals surface area contributed by atoms with Crippen molar-refractivity contribution in [3.63, 3.8) is 0 Å². The van der Waals surface area contributed by atoms with Crippen molar-refractivity contribution < 1.29 is 14.4 Å². The van der Waals surface area contributed by atoms with Crippen LogP contribution in [0.2, 0.25) is 0 Å². The molecule has 7 heteroatoms. The van der Waals surface area contributed by atoms with Crippen LogP contribution in [0.5, 0.6) is 0 Å². The summed E-state index contributed by atoms with van der Waals surface area (Å²) < 4.78 is 0. The summed E-state index contributed by atoms with van der Waals surface area (Å²) in [5.74, 6) is 0.177. The molecule has 0 aromatic rings. The Morgan fingerprint density at radius 3 is 2.08 bits per heavy atom. The Bertz CT molecular complexity index is 493. The van der Waals surface area contributed by atoms with Crippen LogP contribution in [0, 0.1) is 5.92 Å². The van der Waals surface area contributed by atoms with E-state index < -0.39 is 0 Å². The molecule has 3 aliphatic rings. The summed E-state index contributed by atoms with van der Waals surface area (Å²) in [5.41, 5.74) is 0. The van der Waals surface area contributed by atoms with E-state index in [1.54, 1.807) is 0 Å². The molecule has 2 aliphatic carbocycles. The molecule has 25 heavy (non-hydrogen) atoms. The zero-order chi connectivity index (χ0) is 17.6. The second-order valence-electron chi connectivity index (χ2n) is 7.69. The second-order valence-corrected chi connectivity index (χ2v) is 7.69. The maximum absolute atomic E-state index is 12.0. The zero-order valence-corrected chi connectivity index (χ0v) is 14.9. The largest absolute Gasteiger partial charge is 0.353 e. The molecule has 0 radical (unpaired) electrons. The predicted molar refractivity (Wildman–Crippen MR) is 93.9 cm³/mol. The van der Waals surface area contributed by atoms with Crippen molar-refractivity contribution in [2.75, 3.05) is 19.6 Å². The number of nitrogens with zero attached hydrogens (tertiary/aromatic N) is 1. The molecule has 3 N–H and O–H groups in total. The summed E-state index contributed by atoms with van der Waals surface area (Å²) in [7, 11) is 0. The third-order valence-corrected chi connectivity index (χ3v) is 5.44. The highest BCUT2D eigenvalue weighted by Crippen LogP contribution is 2.29. The van der Waals surface area contributed by atoms with E-state index in [1.165, 1.54) is 6.42 Å². The van der Waals surface area contributed by atoms with Crippen LogP contribution in [0.4, 0.5) is 4.79 Å². The molecule has 2 saturated carbocycles. The molecule has 1 saturated heterocycles. The van der Waals surface area contributed by atoms with Gasteiger partial charge in [-0.1, -0.05) is 19.3 Å². The van der Waals surface area contributed by atoms with Gasteiger partial charge in [0.05, 0.1) is 6.54 Å². The molecule has 1 aliphatic heterocycles. The Labute approximate surface area is 149 Å². The Balaban J connectivity index is 1.30. The smallest absolute Gasteiger partial charge is 0.321 e. The minimum atomic E-state index is -0.372. The molecule has 1 heterocycles. The molecule has 0 spiro atoms. The van der Waals surface area contributed by atoms with E-state index in [1.807, 2.05) is 4.90 Å². The summed E-state index contributed by atoms with van der Waals surface area (Å²) in [4.78, 5) is 37.8. The van der Waals surface area contributed by atoms with E-state index in [0.717, 1.165) is 64.5 Å². The van der Waals surface area contributed by atoms with Crippen LogP contribution in [0.3, 0.4) is 0 Å². The summed E-state index contributed by atoms with van der Waals surface area (Å²) in [5, 5.41) is 8.44. The fraction of sp³-hybridized carbons (Fsp3) is 0.833. The molecule has 7 nitrogen and oxygen atoms in total. The van der Waals surface area contributed by atoms with Gasteiger partial charge in [-0.05, 0) is 38.5 Å². The van der Waals surface area contributed by atoms with Crippen molar-refractivity contribution in [3.8, 4) is 0 Å². The maximum Gasteiger partial charge on any atom is 0.321 e. The first-order chi connectivity index (χ1) is 12.1. The number of hydrogen-bond donors (Lipinski definition) is 3.